The summed E-state index contributed by atoms with van der Waals surface area (Å²) in [6.07, 6.45) is 2.24. The van der Waals surface area contributed by atoms with Crippen molar-refractivity contribution in [3.8, 4) is 0 Å². The van der Waals surface area contributed by atoms with Crippen molar-refractivity contribution in [2.45, 2.75) is 30.8 Å². The third kappa shape index (κ3) is 2.64. The van der Waals surface area contributed by atoms with E-state index in [2.05, 4.69) is 34.5 Å². The molecule has 0 unspecified atom stereocenters. The molecule has 5 aliphatic heterocycles. The summed E-state index contributed by atoms with van der Waals surface area (Å²) in [5, 5.41) is 2.49. The molecule has 0 saturated carbocycles. The van der Waals surface area contributed by atoms with E-state index in [1.807, 2.05) is 11.0 Å². The number of urea groups is 1. The maximum atomic E-state index is 13.1. The van der Waals surface area contributed by atoms with Crippen LogP contribution in [0.15, 0.2) is 30.3 Å². The Bertz CT molecular complexity index is 759. The predicted molar refractivity (Wildman–Crippen MR) is 97.9 cm³/mol. The van der Waals surface area contributed by atoms with E-state index in [9.17, 15) is 14.4 Å². The molecule has 0 spiro atoms. The number of imide groups is 1. The van der Waals surface area contributed by atoms with Crippen molar-refractivity contribution in [3.63, 3.8) is 0 Å². The molecule has 6 rings (SSSR count). The van der Waals surface area contributed by atoms with Gasteiger partial charge in [-0.25, -0.2) is 4.79 Å². The van der Waals surface area contributed by atoms with Gasteiger partial charge >= 0.3 is 6.03 Å². The number of fused-ring (bicyclic) bond motifs is 2. The Hall–Kier alpha value is -2.41. The fourth-order valence-corrected chi connectivity index (χ4v) is 5.54. The van der Waals surface area contributed by atoms with Crippen LogP contribution in [0.4, 0.5) is 4.79 Å². The first-order valence-electron chi connectivity index (χ1n) is 9.80. The van der Waals surface area contributed by atoms with Crippen LogP contribution in [0.25, 0.3) is 0 Å². The molecule has 0 aromatic heterocycles. The van der Waals surface area contributed by atoms with Gasteiger partial charge in [-0.2, -0.15) is 0 Å². The van der Waals surface area contributed by atoms with Gasteiger partial charge in [0.1, 0.15) is 6.54 Å². The minimum absolute atomic E-state index is 0.0127. The topological polar surface area (TPSA) is 73.0 Å². The number of benzene rings is 1. The van der Waals surface area contributed by atoms with E-state index in [1.165, 1.54) is 5.56 Å². The first-order chi connectivity index (χ1) is 13.1. The Labute approximate surface area is 158 Å². The number of rotatable bonds is 3. The zero-order chi connectivity index (χ0) is 18.5. The van der Waals surface area contributed by atoms with Crippen molar-refractivity contribution in [3.05, 3.63) is 35.9 Å². The molecular weight excluding hydrogens is 344 g/mol. The minimum atomic E-state index is -0.461. The summed E-state index contributed by atoms with van der Waals surface area (Å²) in [5.41, 5.74) is 1.27. The molecule has 1 aromatic carbocycles. The second-order valence-electron chi connectivity index (χ2n) is 8.06. The van der Waals surface area contributed by atoms with Crippen LogP contribution in [-0.2, 0) is 9.59 Å². The van der Waals surface area contributed by atoms with Gasteiger partial charge < -0.3 is 10.2 Å². The van der Waals surface area contributed by atoms with Crippen LogP contribution >= 0.6 is 0 Å². The summed E-state index contributed by atoms with van der Waals surface area (Å²) in [7, 11) is 0. The highest BCUT2D eigenvalue weighted by molar-refractivity contribution is 6.04. The lowest BCUT2D eigenvalue weighted by Crippen LogP contribution is -2.61. The Morgan fingerprint density at radius 3 is 2.48 bits per heavy atom. The first-order valence-corrected chi connectivity index (χ1v) is 9.80. The second kappa shape index (κ2) is 6.34. The molecule has 3 atom stereocenters. The average Bonchev–Trinajstić information content (AvgIpc) is 3.27. The largest absolute Gasteiger partial charge is 0.336 e. The number of piperidine rings is 3. The van der Waals surface area contributed by atoms with Crippen molar-refractivity contribution >= 4 is 17.8 Å². The summed E-state index contributed by atoms with van der Waals surface area (Å²) in [6, 6.07) is 10.5. The van der Waals surface area contributed by atoms with Crippen LogP contribution < -0.4 is 5.32 Å². The zero-order valence-electron chi connectivity index (χ0n) is 15.2. The molecule has 5 fully saturated rings. The van der Waals surface area contributed by atoms with E-state index >= 15 is 0 Å². The summed E-state index contributed by atoms with van der Waals surface area (Å²) < 4.78 is 0. The van der Waals surface area contributed by atoms with Gasteiger partial charge in [-0.15, -0.1) is 0 Å². The van der Waals surface area contributed by atoms with Gasteiger partial charge in [-0.3, -0.25) is 19.4 Å². The molecule has 7 nitrogen and oxygen atoms in total. The fraction of sp³-hybridized carbons (Fsp3) is 0.550. The molecule has 5 heterocycles. The molecule has 2 bridgehead atoms. The van der Waals surface area contributed by atoms with Gasteiger partial charge in [0, 0.05) is 18.5 Å². The highest BCUT2D eigenvalue weighted by Crippen LogP contribution is 2.46. The van der Waals surface area contributed by atoms with Gasteiger partial charge in [0.05, 0.1) is 12.6 Å². The standard InChI is InChI=1S/C20H24N4O3/c25-16-10-21-20(27)24(16)12-17(26)23-11-15(13-4-2-1-3-5-13)19-18(23)14-6-8-22(19)9-7-14/h1-5,14-15,18-19H,6-12H2,(H,21,27)/t15-,18+,19+/m0/s1. The Kier molecular flexibility index (Phi) is 3.93. The number of carbonyl (C=O) groups excluding carboxylic acids is 3. The highest BCUT2D eigenvalue weighted by atomic mass is 16.2. The van der Waals surface area contributed by atoms with Gasteiger partial charge in [0.2, 0.25) is 5.91 Å². The molecule has 27 heavy (non-hydrogen) atoms. The van der Waals surface area contributed by atoms with Crippen molar-refractivity contribution in [1.82, 2.24) is 20.0 Å². The highest BCUT2D eigenvalue weighted by Gasteiger charge is 2.54. The van der Waals surface area contributed by atoms with Crippen molar-refractivity contribution in [1.29, 1.82) is 0 Å². The maximum absolute atomic E-state index is 13.1. The van der Waals surface area contributed by atoms with E-state index in [0.29, 0.717) is 18.5 Å². The number of likely N-dealkylation sites (tertiary alicyclic amines) is 1. The van der Waals surface area contributed by atoms with Crippen molar-refractivity contribution in [2.24, 2.45) is 5.92 Å². The number of nitrogens with zero attached hydrogens (tertiary/aromatic N) is 3. The monoisotopic (exact) mass is 368 g/mol. The Morgan fingerprint density at radius 1 is 1.07 bits per heavy atom. The van der Waals surface area contributed by atoms with Crippen LogP contribution in [0, 0.1) is 5.92 Å². The molecule has 5 saturated heterocycles. The van der Waals surface area contributed by atoms with Crippen LogP contribution in [-0.4, -0.2) is 77.4 Å². The molecule has 7 heteroatoms. The van der Waals surface area contributed by atoms with Crippen LogP contribution in [0.3, 0.4) is 0 Å². The normalized spacial score (nSPS) is 34.7. The van der Waals surface area contributed by atoms with Crippen molar-refractivity contribution < 1.29 is 14.4 Å². The molecule has 142 valence electrons. The van der Waals surface area contributed by atoms with Crippen LogP contribution in [0.1, 0.15) is 24.3 Å². The number of hydrogen-bond acceptors (Lipinski definition) is 4. The lowest BCUT2D eigenvalue weighted by Gasteiger charge is -2.51. The number of carbonyl (C=O) groups is 3. The third-order valence-electron chi connectivity index (χ3n) is 6.77. The SMILES string of the molecule is O=C1CNC(=O)N1CC(=O)N1C[C@@H](c2ccccc2)[C@@H]2[C@H]1C1CCN2CC1. The average molecular weight is 368 g/mol. The lowest BCUT2D eigenvalue weighted by molar-refractivity contribution is -0.140. The Balaban J connectivity index is 1.43. The van der Waals surface area contributed by atoms with Crippen molar-refractivity contribution in [2.75, 3.05) is 32.7 Å². The molecule has 0 aliphatic carbocycles. The first kappa shape index (κ1) is 16.7. The van der Waals surface area contributed by atoms with E-state index in [0.717, 1.165) is 30.8 Å². The summed E-state index contributed by atoms with van der Waals surface area (Å²) in [4.78, 5) is 42.4. The van der Waals surface area contributed by atoms with E-state index in [4.69, 9.17) is 0 Å². The number of amides is 4. The maximum Gasteiger partial charge on any atom is 0.325 e. The smallest absolute Gasteiger partial charge is 0.325 e. The van der Waals surface area contributed by atoms with Gasteiger partial charge in [0.15, 0.2) is 0 Å². The minimum Gasteiger partial charge on any atom is -0.336 e. The summed E-state index contributed by atoms with van der Waals surface area (Å²) >= 11 is 0. The summed E-state index contributed by atoms with van der Waals surface area (Å²) in [6.45, 7) is 2.70. The number of nitrogens with one attached hydrogen (secondary N) is 1. The van der Waals surface area contributed by atoms with E-state index in [-0.39, 0.29) is 36.9 Å². The van der Waals surface area contributed by atoms with E-state index in [1.54, 1.807) is 0 Å². The molecule has 5 aliphatic rings. The van der Waals surface area contributed by atoms with Gasteiger partial charge in [0.25, 0.3) is 5.91 Å². The molecular formula is C20H24N4O3. The molecule has 0 radical (unpaired) electrons. The predicted octanol–water partition coefficient (Wildman–Crippen LogP) is 0.627. The fourth-order valence-electron chi connectivity index (χ4n) is 5.54. The summed E-state index contributed by atoms with van der Waals surface area (Å²) in [5.74, 6) is 0.368. The van der Waals surface area contributed by atoms with E-state index < -0.39 is 6.03 Å². The zero-order valence-corrected chi connectivity index (χ0v) is 15.2. The molecule has 1 N–H and O–H groups in total. The molecule has 1 aromatic rings. The van der Waals surface area contributed by atoms with Gasteiger partial charge in [-0.05, 0) is 37.4 Å². The third-order valence-corrected chi connectivity index (χ3v) is 6.77. The Morgan fingerprint density at radius 2 is 1.81 bits per heavy atom. The van der Waals surface area contributed by atoms with Crippen LogP contribution in [0.5, 0.6) is 0 Å². The lowest BCUT2D eigenvalue weighted by atomic mass is 9.75. The second-order valence-corrected chi connectivity index (χ2v) is 8.06. The molecule has 4 amide bonds. The van der Waals surface area contributed by atoms with Crippen LogP contribution in [0.2, 0.25) is 0 Å². The quantitative estimate of drug-likeness (QED) is 0.795. The van der Waals surface area contributed by atoms with Gasteiger partial charge in [-0.1, -0.05) is 30.3 Å². The number of hydrogen-bond donors (Lipinski definition) is 1.